The molecule has 0 aliphatic carbocycles. The van der Waals surface area contributed by atoms with Crippen LogP contribution in [0.1, 0.15) is 18.4 Å². The number of carbonyl (C=O) groups excluding carboxylic acids is 1. The Morgan fingerprint density at radius 2 is 2.09 bits per heavy atom. The molecule has 1 N–H and O–H groups in total. The summed E-state index contributed by atoms with van der Waals surface area (Å²) in [5.41, 5.74) is 1.08. The SMILES string of the molecule is COCCNC(=O)C1CCN(Cc2ccc(Cl)cc2Cl)CC1. The van der Waals surface area contributed by atoms with Crippen LogP contribution in [0.5, 0.6) is 0 Å². The van der Waals surface area contributed by atoms with Crippen LogP contribution in [0.15, 0.2) is 18.2 Å². The molecule has 1 aromatic rings. The van der Waals surface area contributed by atoms with E-state index in [1.807, 2.05) is 12.1 Å². The number of carbonyl (C=O) groups is 1. The Labute approximate surface area is 141 Å². The summed E-state index contributed by atoms with van der Waals surface area (Å²) in [4.78, 5) is 14.3. The number of methoxy groups -OCH3 is 1. The highest BCUT2D eigenvalue weighted by molar-refractivity contribution is 6.35. The van der Waals surface area contributed by atoms with Crippen LogP contribution < -0.4 is 5.32 Å². The number of ether oxygens (including phenoxy) is 1. The molecule has 0 bridgehead atoms. The Morgan fingerprint density at radius 1 is 1.36 bits per heavy atom. The average molecular weight is 345 g/mol. The minimum absolute atomic E-state index is 0.105. The molecule has 4 nitrogen and oxygen atoms in total. The molecule has 2 rings (SSSR count). The molecule has 22 heavy (non-hydrogen) atoms. The van der Waals surface area contributed by atoms with E-state index in [0.29, 0.717) is 23.2 Å². The molecule has 0 unspecified atom stereocenters. The lowest BCUT2D eigenvalue weighted by Gasteiger charge is -2.31. The van der Waals surface area contributed by atoms with Crippen molar-refractivity contribution in [3.63, 3.8) is 0 Å². The Morgan fingerprint density at radius 3 is 2.73 bits per heavy atom. The first-order chi connectivity index (χ1) is 10.6. The number of hydrogen-bond donors (Lipinski definition) is 1. The quantitative estimate of drug-likeness (QED) is 0.806. The Kier molecular flexibility index (Phi) is 6.96. The second-order valence-corrected chi connectivity index (χ2v) is 6.41. The maximum Gasteiger partial charge on any atom is 0.223 e. The van der Waals surface area contributed by atoms with Crippen molar-refractivity contribution in [2.75, 3.05) is 33.4 Å². The average Bonchev–Trinajstić information content (AvgIpc) is 2.51. The summed E-state index contributed by atoms with van der Waals surface area (Å²) in [6.07, 6.45) is 1.76. The maximum absolute atomic E-state index is 12.0. The van der Waals surface area contributed by atoms with Crippen LogP contribution in [-0.4, -0.2) is 44.2 Å². The van der Waals surface area contributed by atoms with Gasteiger partial charge < -0.3 is 10.1 Å². The summed E-state index contributed by atoms with van der Waals surface area (Å²) in [6, 6.07) is 5.60. The molecule has 122 valence electrons. The third-order valence-corrected chi connectivity index (χ3v) is 4.56. The molecular weight excluding hydrogens is 323 g/mol. The molecule has 1 aromatic carbocycles. The van der Waals surface area contributed by atoms with E-state index in [2.05, 4.69) is 10.2 Å². The van der Waals surface area contributed by atoms with Gasteiger partial charge in [0.05, 0.1) is 6.61 Å². The van der Waals surface area contributed by atoms with Gasteiger partial charge in [0, 0.05) is 36.2 Å². The highest BCUT2D eigenvalue weighted by Crippen LogP contribution is 2.24. The number of benzene rings is 1. The summed E-state index contributed by atoms with van der Waals surface area (Å²) in [5, 5.41) is 4.27. The smallest absolute Gasteiger partial charge is 0.223 e. The summed E-state index contributed by atoms with van der Waals surface area (Å²) < 4.78 is 4.94. The van der Waals surface area contributed by atoms with Crippen LogP contribution in [-0.2, 0) is 16.1 Å². The fraction of sp³-hybridized carbons (Fsp3) is 0.562. The van der Waals surface area contributed by atoms with E-state index in [0.717, 1.165) is 38.0 Å². The van der Waals surface area contributed by atoms with Crippen molar-refractivity contribution in [1.29, 1.82) is 0 Å². The molecule has 1 aliphatic rings. The lowest BCUT2D eigenvalue weighted by molar-refractivity contribution is -0.126. The van der Waals surface area contributed by atoms with Gasteiger partial charge in [0.25, 0.3) is 0 Å². The highest BCUT2D eigenvalue weighted by Gasteiger charge is 2.24. The third-order valence-electron chi connectivity index (χ3n) is 3.97. The summed E-state index contributed by atoms with van der Waals surface area (Å²) in [5.74, 6) is 0.245. The fourth-order valence-corrected chi connectivity index (χ4v) is 3.13. The molecule has 0 spiro atoms. The number of amides is 1. The molecule has 6 heteroatoms. The van der Waals surface area contributed by atoms with E-state index in [-0.39, 0.29) is 11.8 Å². The molecule has 1 fully saturated rings. The first-order valence-corrected chi connectivity index (χ1v) is 8.28. The van der Waals surface area contributed by atoms with Gasteiger partial charge in [-0.3, -0.25) is 9.69 Å². The number of halogens is 2. The van der Waals surface area contributed by atoms with Crippen molar-refractivity contribution in [3.8, 4) is 0 Å². The summed E-state index contributed by atoms with van der Waals surface area (Å²) >= 11 is 12.1. The van der Waals surface area contributed by atoms with Crippen molar-refractivity contribution in [1.82, 2.24) is 10.2 Å². The van der Waals surface area contributed by atoms with E-state index in [9.17, 15) is 4.79 Å². The number of rotatable bonds is 6. The summed E-state index contributed by atoms with van der Waals surface area (Å²) in [7, 11) is 1.63. The molecular formula is C16H22Cl2N2O2. The molecule has 0 aromatic heterocycles. The van der Waals surface area contributed by atoms with Crippen molar-refractivity contribution in [2.24, 2.45) is 5.92 Å². The lowest BCUT2D eigenvalue weighted by atomic mass is 9.95. The molecule has 1 amide bonds. The Balaban J connectivity index is 1.78. The van der Waals surface area contributed by atoms with Gasteiger partial charge >= 0.3 is 0 Å². The number of nitrogens with one attached hydrogen (secondary N) is 1. The zero-order valence-corrected chi connectivity index (χ0v) is 14.3. The van der Waals surface area contributed by atoms with Gasteiger partial charge in [-0.25, -0.2) is 0 Å². The number of likely N-dealkylation sites (tertiary alicyclic amines) is 1. The topological polar surface area (TPSA) is 41.6 Å². The van der Waals surface area contributed by atoms with Gasteiger partial charge in [0.1, 0.15) is 0 Å². The van der Waals surface area contributed by atoms with Gasteiger partial charge in [-0.1, -0.05) is 29.3 Å². The van der Waals surface area contributed by atoms with Crippen LogP contribution in [0.4, 0.5) is 0 Å². The van der Waals surface area contributed by atoms with Gasteiger partial charge in [-0.15, -0.1) is 0 Å². The van der Waals surface area contributed by atoms with E-state index in [1.165, 1.54) is 0 Å². The molecule has 1 saturated heterocycles. The second kappa shape index (κ2) is 8.73. The predicted octanol–water partition coefficient (Wildman–Crippen LogP) is 2.97. The van der Waals surface area contributed by atoms with Crippen LogP contribution in [0.25, 0.3) is 0 Å². The zero-order valence-electron chi connectivity index (χ0n) is 12.8. The largest absolute Gasteiger partial charge is 0.383 e. The molecule has 0 radical (unpaired) electrons. The lowest BCUT2D eigenvalue weighted by Crippen LogP contribution is -2.41. The number of nitrogens with zero attached hydrogens (tertiary/aromatic N) is 1. The van der Waals surface area contributed by atoms with E-state index in [4.69, 9.17) is 27.9 Å². The Hall–Kier alpha value is -0.810. The van der Waals surface area contributed by atoms with Crippen molar-refractivity contribution in [2.45, 2.75) is 19.4 Å². The van der Waals surface area contributed by atoms with Crippen LogP contribution in [0, 0.1) is 5.92 Å². The monoisotopic (exact) mass is 344 g/mol. The zero-order chi connectivity index (χ0) is 15.9. The molecule has 0 saturated carbocycles. The van der Waals surface area contributed by atoms with Gasteiger partial charge in [0.2, 0.25) is 5.91 Å². The van der Waals surface area contributed by atoms with E-state index < -0.39 is 0 Å². The predicted molar refractivity (Wildman–Crippen MR) is 89.3 cm³/mol. The van der Waals surface area contributed by atoms with Crippen LogP contribution in [0.3, 0.4) is 0 Å². The molecule has 1 aliphatic heterocycles. The van der Waals surface area contributed by atoms with E-state index >= 15 is 0 Å². The van der Waals surface area contributed by atoms with Gasteiger partial charge in [0.15, 0.2) is 0 Å². The van der Waals surface area contributed by atoms with Crippen LogP contribution >= 0.6 is 23.2 Å². The van der Waals surface area contributed by atoms with Gasteiger partial charge in [-0.05, 0) is 43.6 Å². The summed E-state index contributed by atoms with van der Waals surface area (Å²) in [6.45, 7) is 3.74. The van der Waals surface area contributed by atoms with Crippen molar-refractivity contribution in [3.05, 3.63) is 33.8 Å². The normalized spacial score (nSPS) is 16.7. The maximum atomic E-state index is 12.0. The Bertz CT molecular complexity index is 503. The van der Waals surface area contributed by atoms with Crippen molar-refractivity contribution < 1.29 is 9.53 Å². The highest BCUT2D eigenvalue weighted by atomic mass is 35.5. The van der Waals surface area contributed by atoms with Crippen LogP contribution in [0.2, 0.25) is 10.0 Å². The minimum atomic E-state index is 0.105. The van der Waals surface area contributed by atoms with Gasteiger partial charge in [-0.2, -0.15) is 0 Å². The third kappa shape index (κ3) is 5.13. The molecule has 1 heterocycles. The standard InChI is InChI=1S/C16H22Cl2N2O2/c1-22-9-6-19-16(21)12-4-7-20(8-5-12)11-13-2-3-14(17)10-15(13)18/h2-3,10,12H,4-9,11H2,1H3,(H,19,21). The fourth-order valence-electron chi connectivity index (χ4n) is 2.66. The number of piperidine rings is 1. The molecule has 0 atom stereocenters. The van der Waals surface area contributed by atoms with E-state index in [1.54, 1.807) is 13.2 Å². The first kappa shape index (κ1) is 17.5. The number of hydrogen-bond acceptors (Lipinski definition) is 3. The minimum Gasteiger partial charge on any atom is -0.383 e. The van der Waals surface area contributed by atoms with Crippen molar-refractivity contribution >= 4 is 29.1 Å². The first-order valence-electron chi connectivity index (χ1n) is 7.53. The second-order valence-electron chi connectivity index (χ2n) is 5.57.